The van der Waals surface area contributed by atoms with Crippen LogP contribution < -0.4 is 5.32 Å². The summed E-state index contributed by atoms with van der Waals surface area (Å²) in [7, 11) is 0. The van der Waals surface area contributed by atoms with E-state index in [-0.39, 0.29) is 16.8 Å². The number of ether oxygens (including phenoxy) is 1. The number of rotatable bonds is 7. The first-order chi connectivity index (χ1) is 13.6. The molecule has 0 atom stereocenters. The molecular formula is C20H21FN4O2S. The first-order valence-corrected chi connectivity index (χ1v) is 9.33. The maximum absolute atomic E-state index is 12.9. The summed E-state index contributed by atoms with van der Waals surface area (Å²) in [4.78, 5) is 0. The van der Waals surface area contributed by atoms with Crippen LogP contribution in [0.25, 0.3) is 10.9 Å². The number of hydrogen-bond acceptors (Lipinski definition) is 4. The van der Waals surface area contributed by atoms with Crippen LogP contribution in [-0.2, 0) is 17.8 Å². The summed E-state index contributed by atoms with van der Waals surface area (Å²) in [5.41, 5.74) is 2.08. The number of hydrogen-bond donors (Lipinski definition) is 2. The van der Waals surface area contributed by atoms with Gasteiger partial charge in [0.15, 0.2) is 5.69 Å². The third-order valence-corrected chi connectivity index (χ3v) is 4.40. The van der Waals surface area contributed by atoms with Crippen LogP contribution in [0.15, 0.2) is 58.8 Å². The molecular weight excluding hydrogens is 379 g/mol. The summed E-state index contributed by atoms with van der Waals surface area (Å²) in [6.07, 6.45) is 0. The van der Waals surface area contributed by atoms with Crippen molar-refractivity contribution in [1.82, 2.24) is 9.88 Å². The summed E-state index contributed by atoms with van der Waals surface area (Å²) in [6, 6.07) is 13.7. The highest BCUT2D eigenvalue weighted by Crippen LogP contribution is 2.38. The zero-order valence-electron chi connectivity index (χ0n) is 15.4. The molecule has 8 heteroatoms. The topological polar surface area (TPSA) is 71.1 Å². The molecule has 0 amide bonds. The molecule has 1 aromatic heterocycles. The van der Waals surface area contributed by atoms with Crippen LogP contribution in [0, 0.1) is 5.82 Å². The fourth-order valence-corrected chi connectivity index (χ4v) is 2.92. The Morgan fingerprint density at radius 2 is 1.96 bits per heavy atom. The second kappa shape index (κ2) is 9.38. The Labute approximate surface area is 167 Å². The van der Waals surface area contributed by atoms with Crippen molar-refractivity contribution >= 4 is 33.9 Å². The zero-order chi connectivity index (χ0) is 19.9. The van der Waals surface area contributed by atoms with Gasteiger partial charge in [-0.3, -0.25) is 0 Å². The standard InChI is InChI=1S/C20H21FN4O2S/c1-2-27-12-11-25-17-6-4-3-5-16(17)18(19(25)26)23-24-20(28)22-13-14-7-9-15(21)10-8-14/h3-10,26H,2,11-13H2,1H3,(H,22,28). The maximum Gasteiger partial charge on any atom is 0.220 e. The van der Waals surface area contributed by atoms with Crippen molar-refractivity contribution in [2.24, 2.45) is 10.2 Å². The highest BCUT2D eigenvalue weighted by atomic mass is 32.1. The lowest BCUT2D eigenvalue weighted by Gasteiger charge is -2.06. The molecule has 3 aromatic rings. The summed E-state index contributed by atoms with van der Waals surface area (Å²) >= 11 is 5.18. The van der Waals surface area contributed by atoms with Crippen molar-refractivity contribution in [3.63, 3.8) is 0 Å². The summed E-state index contributed by atoms with van der Waals surface area (Å²) in [6.45, 7) is 3.92. The number of azo groups is 1. The number of fused-ring (bicyclic) bond motifs is 1. The molecule has 6 nitrogen and oxygen atoms in total. The van der Waals surface area contributed by atoms with Crippen LogP contribution in [0.1, 0.15) is 12.5 Å². The predicted molar refractivity (Wildman–Crippen MR) is 110 cm³/mol. The number of para-hydroxylation sites is 1. The summed E-state index contributed by atoms with van der Waals surface area (Å²) in [5, 5.41) is 22.7. The molecule has 0 aliphatic heterocycles. The van der Waals surface area contributed by atoms with Crippen LogP contribution >= 0.6 is 12.2 Å². The monoisotopic (exact) mass is 400 g/mol. The molecule has 1 heterocycles. The second-order valence-electron chi connectivity index (χ2n) is 6.02. The van der Waals surface area contributed by atoms with E-state index >= 15 is 0 Å². The third kappa shape index (κ3) is 4.71. The van der Waals surface area contributed by atoms with Crippen LogP contribution in [0.5, 0.6) is 5.88 Å². The van der Waals surface area contributed by atoms with Crippen molar-refractivity contribution in [3.8, 4) is 5.88 Å². The lowest BCUT2D eigenvalue weighted by molar-refractivity contribution is 0.138. The Morgan fingerprint density at radius 1 is 1.21 bits per heavy atom. The number of aromatic hydroxyl groups is 1. The van der Waals surface area contributed by atoms with E-state index in [1.807, 2.05) is 31.2 Å². The van der Waals surface area contributed by atoms with Gasteiger partial charge in [-0.2, -0.15) is 0 Å². The van der Waals surface area contributed by atoms with Crippen molar-refractivity contribution < 1.29 is 14.2 Å². The Hall–Kier alpha value is -2.84. The predicted octanol–water partition coefficient (Wildman–Crippen LogP) is 4.68. The van der Waals surface area contributed by atoms with Crippen molar-refractivity contribution in [2.75, 3.05) is 13.2 Å². The largest absolute Gasteiger partial charge is 0.493 e. The lowest BCUT2D eigenvalue weighted by atomic mass is 10.2. The van der Waals surface area contributed by atoms with Gasteiger partial charge >= 0.3 is 0 Å². The minimum atomic E-state index is -0.290. The first kappa shape index (κ1) is 19.9. The van der Waals surface area contributed by atoms with Gasteiger partial charge in [-0.05, 0) is 42.9 Å². The Bertz CT molecular complexity index is 986. The quantitative estimate of drug-likeness (QED) is 0.343. The van der Waals surface area contributed by atoms with Crippen LogP contribution in [0.3, 0.4) is 0 Å². The zero-order valence-corrected chi connectivity index (χ0v) is 16.2. The van der Waals surface area contributed by atoms with Crippen molar-refractivity contribution in [3.05, 3.63) is 59.9 Å². The van der Waals surface area contributed by atoms with Crippen LogP contribution in [-0.4, -0.2) is 28.0 Å². The van der Waals surface area contributed by atoms with E-state index in [1.165, 1.54) is 12.1 Å². The Balaban J connectivity index is 1.74. The van der Waals surface area contributed by atoms with Crippen molar-refractivity contribution in [1.29, 1.82) is 0 Å². The summed E-state index contributed by atoms with van der Waals surface area (Å²) in [5.74, 6) is -0.270. The Kier molecular flexibility index (Phi) is 6.67. The molecule has 0 spiro atoms. The normalized spacial score (nSPS) is 11.4. The van der Waals surface area contributed by atoms with E-state index in [0.717, 1.165) is 16.5 Å². The minimum Gasteiger partial charge on any atom is -0.493 e. The number of halogens is 1. The Morgan fingerprint density at radius 3 is 2.71 bits per heavy atom. The molecule has 0 saturated carbocycles. The van der Waals surface area contributed by atoms with E-state index in [9.17, 15) is 9.50 Å². The van der Waals surface area contributed by atoms with Crippen LogP contribution in [0.2, 0.25) is 0 Å². The number of nitrogens with one attached hydrogen (secondary N) is 1. The number of nitrogens with zero attached hydrogens (tertiary/aromatic N) is 3. The van der Waals surface area contributed by atoms with E-state index in [1.54, 1.807) is 16.7 Å². The molecule has 28 heavy (non-hydrogen) atoms. The average molecular weight is 400 g/mol. The SMILES string of the molecule is CCOCCn1c(O)c(N=NC(=S)NCc2ccc(F)cc2)c2ccccc21. The number of benzene rings is 2. The van der Waals surface area contributed by atoms with Gasteiger partial charge in [0, 0.05) is 25.1 Å². The van der Waals surface area contributed by atoms with Gasteiger partial charge in [-0.25, -0.2) is 4.39 Å². The molecule has 0 aliphatic rings. The molecule has 2 aromatic carbocycles. The minimum absolute atomic E-state index is 0.0194. The molecule has 0 saturated heterocycles. The molecule has 3 rings (SSSR count). The van der Waals surface area contributed by atoms with Gasteiger partial charge < -0.3 is 19.7 Å². The fraction of sp³-hybridized carbons (Fsp3) is 0.250. The van der Waals surface area contributed by atoms with Gasteiger partial charge in [-0.15, -0.1) is 10.2 Å². The van der Waals surface area contributed by atoms with Gasteiger partial charge in [0.25, 0.3) is 0 Å². The average Bonchev–Trinajstić information content (AvgIpc) is 2.97. The van der Waals surface area contributed by atoms with E-state index in [4.69, 9.17) is 17.0 Å². The van der Waals surface area contributed by atoms with Gasteiger partial charge in [-0.1, -0.05) is 30.3 Å². The highest BCUT2D eigenvalue weighted by molar-refractivity contribution is 7.80. The van der Waals surface area contributed by atoms with Gasteiger partial charge in [0.1, 0.15) is 5.82 Å². The van der Waals surface area contributed by atoms with Gasteiger partial charge in [0.05, 0.1) is 12.1 Å². The first-order valence-electron chi connectivity index (χ1n) is 8.92. The lowest BCUT2D eigenvalue weighted by Crippen LogP contribution is -2.18. The molecule has 0 bridgehead atoms. The maximum atomic E-state index is 12.9. The number of aromatic nitrogens is 1. The molecule has 0 fully saturated rings. The molecule has 0 radical (unpaired) electrons. The van der Waals surface area contributed by atoms with Crippen molar-refractivity contribution in [2.45, 2.75) is 20.0 Å². The second-order valence-corrected chi connectivity index (χ2v) is 6.41. The molecule has 2 N–H and O–H groups in total. The smallest absolute Gasteiger partial charge is 0.220 e. The van der Waals surface area contributed by atoms with Gasteiger partial charge in [0.2, 0.25) is 11.0 Å². The molecule has 0 aliphatic carbocycles. The van der Waals surface area contributed by atoms with E-state index < -0.39 is 0 Å². The molecule has 146 valence electrons. The van der Waals surface area contributed by atoms with Crippen LogP contribution in [0.4, 0.5) is 10.1 Å². The number of thiocarbonyl (C=S) groups is 1. The fourth-order valence-electron chi connectivity index (χ4n) is 2.81. The summed E-state index contributed by atoms with van der Waals surface area (Å²) < 4.78 is 20.1. The van der Waals surface area contributed by atoms with E-state index in [2.05, 4.69) is 15.5 Å². The van der Waals surface area contributed by atoms with E-state index in [0.29, 0.717) is 32.0 Å². The highest BCUT2D eigenvalue weighted by Gasteiger charge is 2.16. The third-order valence-electron chi connectivity index (χ3n) is 4.18. The molecule has 0 unspecified atom stereocenters.